The van der Waals surface area contributed by atoms with E-state index in [2.05, 4.69) is 11.9 Å². The highest BCUT2D eigenvalue weighted by atomic mass is 35.5. The molecule has 0 spiro atoms. The van der Waals surface area contributed by atoms with Crippen molar-refractivity contribution in [2.45, 2.75) is 43.9 Å². The number of nitrogens with zero attached hydrogens (tertiary/aromatic N) is 1. The number of benzene rings is 1. The monoisotopic (exact) mass is 349 g/mol. The highest BCUT2D eigenvalue weighted by Crippen LogP contribution is 2.35. The largest absolute Gasteiger partial charge is 0.459 e. The van der Waals surface area contributed by atoms with Crippen LogP contribution in [-0.2, 0) is 4.74 Å². The molecule has 2 saturated heterocycles. The van der Waals surface area contributed by atoms with Crippen molar-refractivity contribution in [1.29, 1.82) is 0 Å². The minimum absolute atomic E-state index is 0. The van der Waals surface area contributed by atoms with Crippen LogP contribution in [-0.4, -0.2) is 36.1 Å². The summed E-state index contributed by atoms with van der Waals surface area (Å²) in [5.74, 6) is -0.330. The molecule has 6 heteroatoms. The number of rotatable bonds is 2. The molecule has 0 saturated carbocycles. The van der Waals surface area contributed by atoms with Gasteiger partial charge in [0.2, 0.25) is 0 Å². The lowest BCUT2D eigenvalue weighted by Crippen LogP contribution is -2.43. The topological polar surface area (TPSA) is 29.5 Å². The third-order valence-electron chi connectivity index (χ3n) is 4.43. The molecule has 2 atom stereocenters. The fourth-order valence-electron chi connectivity index (χ4n) is 3.35. The van der Waals surface area contributed by atoms with Crippen molar-refractivity contribution < 1.29 is 9.53 Å². The normalized spacial score (nSPS) is 28.0. The van der Waals surface area contributed by atoms with Gasteiger partial charge in [-0.05, 0) is 38.1 Å². The molecule has 0 radical (unpaired) electrons. The Labute approximate surface area is 140 Å². The number of ether oxygens (including phenoxy) is 1. The van der Waals surface area contributed by atoms with Crippen LogP contribution in [0.25, 0.3) is 0 Å². The quantitative estimate of drug-likeness (QED) is 0.749. The van der Waals surface area contributed by atoms with Crippen molar-refractivity contribution in [3.05, 3.63) is 33.8 Å². The molecule has 1 aromatic carbocycles. The highest BCUT2D eigenvalue weighted by Gasteiger charge is 2.39. The van der Waals surface area contributed by atoms with Gasteiger partial charge in [0.25, 0.3) is 0 Å². The van der Waals surface area contributed by atoms with Crippen LogP contribution in [0.2, 0.25) is 10.0 Å². The number of carbonyl (C=O) groups excluding carboxylic acids is 1. The molecule has 0 aliphatic carbocycles. The van der Waals surface area contributed by atoms with Gasteiger partial charge in [-0.3, -0.25) is 0 Å². The van der Waals surface area contributed by atoms with E-state index in [0.717, 1.165) is 12.8 Å². The van der Waals surface area contributed by atoms with Crippen molar-refractivity contribution in [2.24, 2.45) is 0 Å². The van der Waals surface area contributed by atoms with E-state index in [1.54, 1.807) is 18.2 Å². The third kappa shape index (κ3) is 3.65. The Morgan fingerprint density at radius 3 is 2.19 bits per heavy atom. The molecule has 2 heterocycles. The zero-order valence-electron chi connectivity index (χ0n) is 11.7. The number of esters is 1. The van der Waals surface area contributed by atoms with E-state index in [-0.39, 0.29) is 24.5 Å². The van der Waals surface area contributed by atoms with Crippen LogP contribution in [0.3, 0.4) is 0 Å². The fraction of sp³-hybridized carbons (Fsp3) is 0.533. The average Bonchev–Trinajstić information content (AvgIpc) is 2.61. The second-order valence-corrected chi connectivity index (χ2v) is 6.58. The Balaban J connectivity index is 0.00000161. The molecule has 0 N–H and O–H groups in total. The van der Waals surface area contributed by atoms with Crippen molar-refractivity contribution in [2.75, 3.05) is 7.05 Å². The van der Waals surface area contributed by atoms with E-state index < -0.39 is 0 Å². The molecular formula is C15H18Cl3NO2. The summed E-state index contributed by atoms with van der Waals surface area (Å²) < 4.78 is 5.63. The van der Waals surface area contributed by atoms with Crippen molar-refractivity contribution in [3.8, 4) is 0 Å². The Morgan fingerprint density at radius 2 is 1.67 bits per heavy atom. The van der Waals surface area contributed by atoms with Crippen LogP contribution in [0, 0.1) is 0 Å². The summed E-state index contributed by atoms with van der Waals surface area (Å²) in [5.41, 5.74) is 0.425. The first kappa shape index (κ1) is 16.9. The van der Waals surface area contributed by atoms with Crippen LogP contribution in [0.4, 0.5) is 0 Å². The molecule has 116 valence electrons. The standard InChI is InChI=1S/C15H17Cl2NO2.ClH/c1-18-12-2-3-13(18)8-14(7-12)20-15(19)9-4-10(16)6-11(17)5-9;/h4-6,12-14H,2-3,7-8H2,1H3;1H. The number of hydrogen-bond acceptors (Lipinski definition) is 3. The zero-order chi connectivity index (χ0) is 14.3. The predicted molar refractivity (Wildman–Crippen MR) is 86.7 cm³/mol. The molecule has 2 unspecified atom stereocenters. The van der Waals surface area contributed by atoms with Gasteiger partial charge in [-0.15, -0.1) is 12.4 Å². The first-order valence-corrected chi connectivity index (χ1v) is 7.67. The molecule has 2 aliphatic heterocycles. The molecule has 21 heavy (non-hydrogen) atoms. The number of fused-ring (bicyclic) bond motifs is 2. The zero-order valence-corrected chi connectivity index (χ0v) is 14.0. The molecule has 2 bridgehead atoms. The van der Waals surface area contributed by atoms with Crippen LogP contribution in [0.1, 0.15) is 36.0 Å². The third-order valence-corrected chi connectivity index (χ3v) is 4.86. The first-order chi connectivity index (χ1) is 9.52. The number of carbonyl (C=O) groups is 1. The number of hydrogen-bond donors (Lipinski definition) is 0. The van der Waals surface area contributed by atoms with Gasteiger partial charge in [0.05, 0.1) is 5.56 Å². The second kappa shape index (κ2) is 6.74. The molecule has 2 fully saturated rings. The van der Waals surface area contributed by atoms with Crippen LogP contribution in [0.5, 0.6) is 0 Å². The smallest absolute Gasteiger partial charge is 0.338 e. The maximum absolute atomic E-state index is 12.2. The van der Waals surface area contributed by atoms with Gasteiger partial charge in [0.1, 0.15) is 6.10 Å². The number of piperidine rings is 1. The first-order valence-electron chi connectivity index (χ1n) is 6.92. The summed E-state index contributed by atoms with van der Waals surface area (Å²) in [6, 6.07) is 5.90. The lowest BCUT2D eigenvalue weighted by molar-refractivity contribution is -0.000448. The average molecular weight is 351 g/mol. The van der Waals surface area contributed by atoms with E-state index in [1.807, 2.05) is 0 Å². The molecule has 0 amide bonds. The Hall–Kier alpha value is -0.480. The second-order valence-electron chi connectivity index (χ2n) is 5.71. The summed E-state index contributed by atoms with van der Waals surface area (Å²) in [6.07, 6.45) is 4.27. The Morgan fingerprint density at radius 1 is 1.14 bits per heavy atom. The fourth-order valence-corrected chi connectivity index (χ4v) is 3.87. The Kier molecular flexibility index (Phi) is 5.42. The van der Waals surface area contributed by atoms with Crippen molar-refractivity contribution in [3.63, 3.8) is 0 Å². The number of halogens is 3. The minimum atomic E-state index is -0.330. The van der Waals surface area contributed by atoms with Gasteiger partial charge in [-0.1, -0.05) is 23.2 Å². The molecule has 1 aromatic rings. The van der Waals surface area contributed by atoms with Gasteiger partial charge in [-0.2, -0.15) is 0 Å². The molecule has 3 rings (SSSR count). The predicted octanol–water partition coefficient (Wildman–Crippen LogP) is 4.20. The van der Waals surface area contributed by atoms with Gasteiger partial charge < -0.3 is 9.64 Å². The van der Waals surface area contributed by atoms with Crippen molar-refractivity contribution >= 4 is 41.6 Å². The van der Waals surface area contributed by atoms with E-state index in [4.69, 9.17) is 27.9 Å². The summed E-state index contributed by atoms with van der Waals surface area (Å²) in [4.78, 5) is 14.6. The Bertz CT molecular complexity index is 503. The molecular weight excluding hydrogens is 333 g/mol. The van der Waals surface area contributed by atoms with Gasteiger partial charge in [-0.25, -0.2) is 4.79 Å². The summed E-state index contributed by atoms with van der Waals surface area (Å²) >= 11 is 11.8. The van der Waals surface area contributed by atoms with Crippen molar-refractivity contribution in [1.82, 2.24) is 4.90 Å². The molecule has 2 aliphatic rings. The SMILES string of the molecule is CN1C2CCC1CC(OC(=O)c1cc(Cl)cc(Cl)c1)C2.Cl. The lowest BCUT2D eigenvalue weighted by Gasteiger charge is -2.35. The highest BCUT2D eigenvalue weighted by molar-refractivity contribution is 6.35. The summed E-state index contributed by atoms with van der Waals surface area (Å²) in [6.45, 7) is 0. The van der Waals surface area contributed by atoms with E-state index >= 15 is 0 Å². The van der Waals surface area contributed by atoms with E-state index in [9.17, 15) is 4.79 Å². The maximum atomic E-state index is 12.2. The molecule has 0 aromatic heterocycles. The van der Waals surface area contributed by atoms with Crippen LogP contribution >= 0.6 is 35.6 Å². The van der Waals surface area contributed by atoms with Crippen LogP contribution in [0.15, 0.2) is 18.2 Å². The lowest BCUT2D eigenvalue weighted by atomic mass is 10.0. The van der Waals surface area contributed by atoms with Gasteiger partial charge >= 0.3 is 5.97 Å². The maximum Gasteiger partial charge on any atom is 0.338 e. The van der Waals surface area contributed by atoms with E-state index in [0.29, 0.717) is 27.7 Å². The minimum Gasteiger partial charge on any atom is -0.459 e. The summed E-state index contributed by atoms with van der Waals surface area (Å²) in [7, 11) is 2.16. The van der Waals surface area contributed by atoms with E-state index in [1.165, 1.54) is 12.8 Å². The molecule has 3 nitrogen and oxygen atoms in total. The summed E-state index contributed by atoms with van der Waals surface area (Å²) in [5, 5.41) is 0.904. The van der Waals surface area contributed by atoms with Gasteiger partial charge in [0, 0.05) is 35.0 Å². The van der Waals surface area contributed by atoms with Crippen LogP contribution < -0.4 is 0 Å². The van der Waals surface area contributed by atoms with Gasteiger partial charge in [0.15, 0.2) is 0 Å².